The molecule has 0 unspecified atom stereocenters. The molecule has 0 fully saturated rings. The van der Waals surface area contributed by atoms with Crippen LogP contribution >= 0.6 is 0 Å². The minimum Gasteiger partial charge on any atom is -0.455 e. The van der Waals surface area contributed by atoms with Gasteiger partial charge in [0, 0.05) is 44.8 Å². The van der Waals surface area contributed by atoms with Gasteiger partial charge >= 0.3 is 6.85 Å². The van der Waals surface area contributed by atoms with Crippen LogP contribution in [0.3, 0.4) is 0 Å². The van der Waals surface area contributed by atoms with Crippen molar-refractivity contribution in [3.63, 3.8) is 0 Å². The quantitative estimate of drug-likeness (QED) is 0.164. The Labute approximate surface area is 458 Å². The molecular formula is C73H75BN2O. The number of aryl methyl sites for hydroxylation is 1. The highest BCUT2D eigenvalue weighted by atomic mass is 16.3. The van der Waals surface area contributed by atoms with Crippen molar-refractivity contribution >= 4 is 68.1 Å². The standard InChI is InChI=1S/C73H75BN2O/c1-44-36-54-57(72(10,11)34-32-69(54,4)5)42-61(44)75-62-38-47(45-20-16-14-17-21-45)24-28-59(62)74-66-52(37-48(39-63(66)75)46-22-18-15-19-23-46)65-60(76(74)49-25-27-53-55(40-49)70(6,7)31-30-68(53,2)3)29-26-50-51-41-56-58(43-64(51)77-67(50)65)73(12,13)35-33-71(56,8)9/h14-29,36-43H,30-35H2,1-13H3. The molecule has 0 bridgehead atoms. The van der Waals surface area contributed by atoms with Gasteiger partial charge < -0.3 is 14.1 Å². The van der Waals surface area contributed by atoms with E-state index in [1.165, 1.54) is 135 Å². The Hall–Kier alpha value is -6.78. The van der Waals surface area contributed by atoms with Crippen molar-refractivity contribution in [2.24, 2.45) is 0 Å². The summed E-state index contributed by atoms with van der Waals surface area (Å²) >= 11 is 0. The number of furan rings is 1. The van der Waals surface area contributed by atoms with Crippen LogP contribution < -0.4 is 20.6 Å². The monoisotopic (exact) mass is 1010 g/mol. The third-order valence-electron chi connectivity index (χ3n) is 20.4. The number of hydrogen-bond acceptors (Lipinski definition) is 3. The van der Waals surface area contributed by atoms with E-state index in [9.17, 15) is 0 Å². The topological polar surface area (TPSA) is 19.6 Å². The second kappa shape index (κ2) is 16.2. The lowest BCUT2D eigenvalue weighted by atomic mass is 9.43. The van der Waals surface area contributed by atoms with E-state index in [-0.39, 0.29) is 39.3 Å². The second-order valence-corrected chi connectivity index (χ2v) is 28.1. The highest BCUT2D eigenvalue weighted by molar-refractivity contribution is 6.93. The van der Waals surface area contributed by atoms with E-state index in [1.54, 1.807) is 0 Å². The Balaban J connectivity index is 1.14. The Bertz CT molecular complexity index is 3960. The van der Waals surface area contributed by atoms with Gasteiger partial charge in [-0.15, -0.1) is 0 Å². The molecule has 0 atom stereocenters. The lowest BCUT2D eigenvalue weighted by molar-refractivity contribution is 0.332. The van der Waals surface area contributed by atoms with Gasteiger partial charge in [-0.05, 0) is 216 Å². The highest BCUT2D eigenvalue weighted by Gasteiger charge is 2.49. The van der Waals surface area contributed by atoms with Crippen molar-refractivity contribution in [1.82, 2.24) is 0 Å². The molecule has 5 aliphatic rings. The molecule has 0 saturated heterocycles. The van der Waals surface area contributed by atoms with Crippen LogP contribution in [0.15, 0.2) is 150 Å². The summed E-state index contributed by atoms with van der Waals surface area (Å²) in [5.74, 6) is 0. The van der Waals surface area contributed by atoms with E-state index in [0.717, 1.165) is 36.8 Å². The number of rotatable bonds is 4. The van der Waals surface area contributed by atoms with Crippen LogP contribution in [-0.4, -0.2) is 6.85 Å². The molecule has 386 valence electrons. The summed E-state index contributed by atoms with van der Waals surface area (Å²) in [5, 5.41) is 2.39. The van der Waals surface area contributed by atoms with Crippen LogP contribution in [0.1, 0.15) is 161 Å². The number of fused-ring (bicyclic) bond motifs is 11. The Morgan fingerprint density at radius 1 is 0.403 bits per heavy atom. The van der Waals surface area contributed by atoms with Gasteiger partial charge in [0.25, 0.3) is 0 Å². The smallest absolute Gasteiger partial charge is 0.333 e. The molecule has 0 radical (unpaired) electrons. The van der Waals surface area contributed by atoms with E-state index in [2.05, 4.69) is 245 Å². The van der Waals surface area contributed by atoms with E-state index in [1.807, 2.05) is 0 Å². The first-order valence-corrected chi connectivity index (χ1v) is 28.9. The minimum absolute atomic E-state index is 0.0206. The van der Waals surface area contributed by atoms with E-state index >= 15 is 0 Å². The molecule has 77 heavy (non-hydrogen) atoms. The number of benzene rings is 8. The summed E-state index contributed by atoms with van der Waals surface area (Å²) < 4.78 is 7.57. The van der Waals surface area contributed by atoms with Gasteiger partial charge in [-0.2, -0.15) is 0 Å². The average molecular weight is 1010 g/mol. The van der Waals surface area contributed by atoms with Gasteiger partial charge in [0.2, 0.25) is 0 Å². The van der Waals surface area contributed by atoms with Crippen LogP contribution in [-0.2, 0) is 32.5 Å². The summed E-state index contributed by atoms with van der Waals surface area (Å²) in [6.07, 6.45) is 6.97. The fraction of sp³-hybridized carbons (Fsp3) is 0.342. The maximum absolute atomic E-state index is 7.57. The van der Waals surface area contributed by atoms with Crippen molar-refractivity contribution < 1.29 is 4.42 Å². The Morgan fingerprint density at radius 3 is 1.56 bits per heavy atom. The maximum atomic E-state index is 7.57. The first kappa shape index (κ1) is 48.6. The summed E-state index contributed by atoms with van der Waals surface area (Å²) in [4.78, 5) is 5.42. The predicted octanol–water partition coefficient (Wildman–Crippen LogP) is 19.0. The Kier molecular flexibility index (Phi) is 10.2. The molecule has 3 aliphatic carbocycles. The van der Waals surface area contributed by atoms with Crippen LogP contribution in [0, 0.1) is 6.92 Å². The molecule has 1 aromatic heterocycles. The van der Waals surface area contributed by atoms with Gasteiger partial charge in [-0.1, -0.05) is 168 Å². The minimum atomic E-state index is -0.157. The molecule has 8 aromatic carbocycles. The Morgan fingerprint density at radius 2 is 0.935 bits per heavy atom. The van der Waals surface area contributed by atoms with E-state index < -0.39 is 0 Å². The molecule has 0 N–H and O–H groups in total. The van der Waals surface area contributed by atoms with Gasteiger partial charge in [-0.3, -0.25) is 0 Å². The SMILES string of the molecule is Cc1cc2c(cc1N1c3cc(-c4ccccc4)ccc3B3c4c(cc(-c5ccccc5)cc41)-c1c(ccc4c1oc1cc5c(cc14)C(C)(C)CCC5(C)C)N3c1ccc3c(c1)C(C)(C)CCC3(C)C)C(C)(C)CCC2(C)C. The molecule has 4 heteroatoms. The fourth-order valence-electron chi connectivity index (χ4n) is 15.2. The highest BCUT2D eigenvalue weighted by Crippen LogP contribution is 2.56. The van der Waals surface area contributed by atoms with E-state index in [0.29, 0.717) is 0 Å². The van der Waals surface area contributed by atoms with Gasteiger partial charge in [0.1, 0.15) is 11.2 Å². The molecule has 0 saturated carbocycles. The molecule has 3 heterocycles. The first-order valence-electron chi connectivity index (χ1n) is 28.9. The molecule has 0 amide bonds. The number of nitrogens with zero attached hydrogens (tertiary/aromatic N) is 2. The van der Waals surface area contributed by atoms with Crippen molar-refractivity contribution in [1.29, 1.82) is 0 Å². The third-order valence-corrected chi connectivity index (χ3v) is 20.4. The van der Waals surface area contributed by atoms with Crippen LogP contribution in [0.2, 0.25) is 0 Å². The molecule has 2 aliphatic heterocycles. The molecule has 3 nitrogen and oxygen atoms in total. The normalized spacial score (nSPS) is 19.5. The van der Waals surface area contributed by atoms with Crippen LogP contribution in [0.4, 0.5) is 28.4 Å². The van der Waals surface area contributed by atoms with Crippen LogP contribution in [0.25, 0.3) is 55.3 Å². The molecule has 14 rings (SSSR count). The van der Waals surface area contributed by atoms with Crippen molar-refractivity contribution in [2.75, 3.05) is 9.71 Å². The van der Waals surface area contributed by atoms with Crippen molar-refractivity contribution in [3.05, 3.63) is 185 Å². The number of anilines is 5. The summed E-state index contributed by atoms with van der Waals surface area (Å²) in [6, 6.07) is 57.0. The molecular weight excluding hydrogens is 932 g/mol. The van der Waals surface area contributed by atoms with Gasteiger partial charge in [-0.25, -0.2) is 0 Å². The lowest BCUT2D eigenvalue weighted by Gasteiger charge is -2.48. The van der Waals surface area contributed by atoms with E-state index in [4.69, 9.17) is 4.42 Å². The lowest BCUT2D eigenvalue weighted by Crippen LogP contribution is -2.61. The molecule has 0 spiro atoms. The average Bonchev–Trinajstić information content (AvgIpc) is 3.80. The second-order valence-electron chi connectivity index (χ2n) is 28.1. The zero-order valence-electron chi connectivity index (χ0n) is 48.0. The van der Waals surface area contributed by atoms with Gasteiger partial charge in [0.15, 0.2) is 0 Å². The summed E-state index contributed by atoms with van der Waals surface area (Å²) in [6.45, 7) is 31.6. The van der Waals surface area contributed by atoms with Gasteiger partial charge in [0.05, 0.1) is 0 Å². The fourth-order valence-corrected chi connectivity index (χ4v) is 15.2. The zero-order valence-corrected chi connectivity index (χ0v) is 48.0. The maximum Gasteiger partial charge on any atom is 0.333 e. The summed E-state index contributed by atoms with van der Waals surface area (Å²) in [5.41, 5.74) is 28.3. The zero-order chi connectivity index (χ0) is 53.5. The summed E-state index contributed by atoms with van der Waals surface area (Å²) in [7, 11) is 0. The van der Waals surface area contributed by atoms with Crippen molar-refractivity contribution in [3.8, 4) is 33.4 Å². The van der Waals surface area contributed by atoms with Crippen LogP contribution in [0.5, 0.6) is 0 Å². The third kappa shape index (κ3) is 7.15. The molecule has 9 aromatic rings. The largest absolute Gasteiger partial charge is 0.455 e. The van der Waals surface area contributed by atoms with Crippen molar-refractivity contribution in [2.45, 2.75) is 161 Å². The first-order chi connectivity index (χ1) is 36.5. The number of hydrogen-bond donors (Lipinski definition) is 0. The predicted molar refractivity (Wildman–Crippen MR) is 329 cm³/mol.